The normalized spacial score (nSPS) is 23.3. The second-order valence-corrected chi connectivity index (χ2v) is 6.96. The lowest BCUT2D eigenvalue weighted by molar-refractivity contribution is -0.137. The largest absolute Gasteiger partial charge is 0.417 e. The number of nitrogens with one attached hydrogen (secondary N) is 3. The number of amides is 2. The minimum absolute atomic E-state index is 0.0730. The lowest BCUT2D eigenvalue weighted by Crippen LogP contribution is -2.38. The molecule has 0 bridgehead atoms. The van der Waals surface area contributed by atoms with Crippen molar-refractivity contribution in [3.8, 4) is 0 Å². The minimum atomic E-state index is -4.67. The van der Waals surface area contributed by atoms with E-state index in [1.807, 2.05) is 10.3 Å². The van der Waals surface area contributed by atoms with Gasteiger partial charge in [0.2, 0.25) is 0 Å². The van der Waals surface area contributed by atoms with Crippen LogP contribution >= 0.6 is 0 Å². The van der Waals surface area contributed by atoms with E-state index in [4.69, 9.17) is 0 Å². The number of rotatable bonds is 3. The Labute approximate surface area is 147 Å². The van der Waals surface area contributed by atoms with Crippen molar-refractivity contribution in [2.75, 3.05) is 5.32 Å². The van der Waals surface area contributed by atoms with Gasteiger partial charge in [-0.2, -0.15) is 13.2 Å². The van der Waals surface area contributed by atoms with Gasteiger partial charge in [0.15, 0.2) is 0 Å². The monoisotopic (exact) mass is 371 g/mol. The number of halogens is 3. The second kappa shape index (κ2) is 7.13. The third kappa shape index (κ3) is 4.25. The van der Waals surface area contributed by atoms with Gasteiger partial charge in [-0.1, -0.05) is 32.1 Å². The van der Waals surface area contributed by atoms with E-state index in [-0.39, 0.29) is 6.04 Å². The highest BCUT2D eigenvalue weighted by atomic mass is 19.4. The Morgan fingerprint density at radius 2 is 1.81 bits per heavy atom. The molecule has 2 saturated carbocycles. The fourth-order valence-electron chi connectivity index (χ4n) is 3.62. The third-order valence-electron chi connectivity index (χ3n) is 5.10. The SMILES string of the molecule is O=C(Nc1cc(C(F)(F)F)c[nH]c1=O)C(=O)NC1CC1C1CCCCC1. The summed E-state index contributed by atoms with van der Waals surface area (Å²) in [6.45, 7) is 0. The summed E-state index contributed by atoms with van der Waals surface area (Å²) in [4.78, 5) is 37.4. The molecule has 2 unspecified atom stereocenters. The first-order chi connectivity index (χ1) is 12.3. The number of alkyl halides is 3. The van der Waals surface area contributed by atoms with Crippen molar-refractivity contribution >= 4 is 17.5 Å². The molecule has 2 aliphatic rings. The van der Waals surface area contributed by atoms with Crippen molar-refractivity contribution < 1.29 is 22.8 Å². The molecule has 6 nitrogen and oxygen atoms in total. The van der Waals surface area contributed by atoms with Crippen LogP contribution in [0.25, 0.3) is 0 Å². The molecule has 9 heteroatoms. The smallest absolute Gasteiger partial charge is 0.345 e. The highest BCUT2D eigenvalue weighted by Crippen LogP contribution is 2.44. The average Bonchev–Trinajstić information content (AvgIpc) is 3.35. The number of pyridine rings is 1. The van der Waals surface area contributed by atoms with Gasteiger partial charge in [0.05, 0.1) is 5.56 Å². The average molecular weight is 371 g/mol. The molecule has 3 rings (SSSR count). The van der Waals surface area contributed by atoms with Gasteiger partial charge in [-0.15, -0.1) is 0 Å². The summed E-state index contributed by atoms with van der Waals surface area (Å²) < 4.78 is 38.0. The molecule has 2 atom stereocenters. The van der Waals surface area contributed by atoms with Gasteiger partial charge in [-0.05, 0) is 24.3 Å². The van der Waals surface area contributed by atoms with Gasteiger partial charge in [0.1, 0.15) is 5.69 Å². The van der Waals surface area contributed by atoms with Crippen LogP contribution in [0.3, 0.4) is 0 Å². The van der Waals surface area contributed by atoms with Gasteiger partial charge >= 0.3 is 18.0 Å². The molecule has 0 spiro atoms. The number of carbonyl (C=O) groups excluding carboxylic acids is 2. The van der Waals surface area contributed by atoms with Crippen LogP contribution in [0, 0.1) is 11.8 Å². The number of hydrogen-bond acceptors (Lipinski definition) is 3. The van der Waals surface area contributed by atoms with E-state index in [0.717, 1.165) is 19.3 Å². The standard InChI is InChI=1S/C17H20F3N3O3/c18-17(19,20)10-6-13(14(24)21-8-10)23-16(26)15(25)22-12-7-11(12)9-4-2-1-3-5-9/h6,8-9,11-12H,1-5,7H2,(H,21,24)(H,22,25)(H,23,26). The van der Waals surface area contributed by atoms with Gasteiger partial charge in [-0.25, -0.2) is 0 Å². The molecule has 26 heavy (non-hydrogen) atoms. The van der Waals surface area contributed by atoms with Crippen molar-refractivity contribution in [2.24, 2.45) is 11.8 Å². The van der Waals surface area contributed by atoms with Crippen LogP contribution in [-0.4, -0.2) is 22.8 Å². The quantitative estimate of drug-likeness (QED) is 0.713. The van der Waals surface area contributed by atoms with Gasteiger partial charge in [-0.3, -0.25) is 14.4 Å². The summed E-state index contributed by atoms with van der Waals surface area (Å²) in [6.07, 6.45) is 2.50. The maximum atomic E-state index is 12.7. The molecule has 0 saturated heterocycles. The highest BCUT2D eigenvalue weighted by Gasteiger charge is 2.44. The Morgan fingerprint density at radius 3 is 2.46 bits per heavy atom. The van der Waals surface area contributed by atoms with E-state index in [1.165, 1.54) is 19.3 Å². The summed E-state index contributed by atoms with van der Waals surface area (Å²) in [6, 6.07) is 0.433. The Hall–Kier alpha value is -2.32. The molecule has 0 aromatic carbocycles. The van der Waals surface area contributed by atoms with Crippen LogP contribution in [-0.2, 0) is 15.8 Å². The summed E-state index contributed by atoms with van der Waals surface area (Å²) in [5.74, 6) is -1.17. The number of anilines is 1. The fourth-order valence-corrected chi connectivity index (χ4v) is 3.62. The van der Waals surface area contributed by atoms with Crippen molar-refractivity contribution in [3.05, 3.63) is 28.2 Å². The van der Waals surface area contributed by atoms with Crippen molar-refractivity contribution in [1.29, 1.82) is 0 Å². The highest BCUT2D eigenvalue weighted by molar-refractivity contribution is 6.39. The van der Waals surface area contributed by atoms with E-state index < -0.39 is 34.8 Å². The number of aromatic amines is 1. The number of hydrogen-bond donors (Lipinski definition) is 3. The molecule has 1 aromatic heterocycles. The number of aromatic nitrogens is 1. The predicted molar refractivity (Wildman–Crippen MR) is 87.3 cm³/mol. The topological polar surface area (TPSA) is 91.1 Å². The van der Waals surface area contributed by atoms with E-state index in [1.54, 1.807) is 0 Å². The van der Waals surface area contributed by atoms with Gasteiger partial charge in [0.25, 0.3) is 5.56 Å². The zero-order valence-corrected chi connectivity index (χ0v) is 14.0. The minimum Gasteiger partial charge on any atom is -0.345 e. The summed E-state index contributed by atoms with van der Waals surface area (Å²) in [5.41, 5.74) is -2.64. The van der Waals surface area contributed by atoms with Crippen molar-refractivity contribution in [2.45, 2.75) is 50.7 Å². The Balaban J connectivity index is 1.57. The Morgan fingerprint density at radius 1 is 1.12 bits per heavy atom. The zero-order chi connectivity index (χ0) is 18.9. The maximum Gasteiger partial charge on any atom is 0.417 e. The molecular formula is C17H20F3N3O3. The van der Waals surface area contributed by atoms with Crippen LogP contribution < -0.4 is 16.2 Å². The Kier molecular flexibility index (Phi) is 5.06. The molecule has 2 amide bonds. The molecule has 2 aliphatic carbocycles. The molecule has 0 radical (unpaired) electrons. The number of H-pyrrole nitrogens is 1. The molecule has 2 fully saturated rings. The Bertz CT molecular complexity index is 754. The van der Waals surface area contributed by atoms with Crippen molar-refractivity contribution in [3.63, 3.8) is 0 Å². The third-order valence-corrected chi connectivity index (χ3v) is 5.10. The first kappa shape index (κ1) is 18.5. The van der Waals surface area contributed by atoms with Gasteiger partial charge in [0, 0.05) is 12.2 Å². The molecule has 3 N–H and O–H groups in total. The van der Waals surface area contributed by atoms with Crippen LogP contribution in [0.4, 0.5) is 18.9 Å². The molecular weight excluding hydrogens is 351 g/mol. The van der Waals surface area contributed by atoms with Crippen molar-refractivity contribution in [1.82, 2.24) is 10.3 Å². The summed E-state index contributed by atoms with van der Waals surface area (Å²) >= 11 is 0. The number of carbonyl (C=O) groups is 2. The molecule has 142 valence electrons. The summed E-state index contributed by atoms with van der Waals surface area (Å²) in [5, 5.41) is 4.56. The predicted octanol–water partition coefficient (Wildman–Crippen LogP) is 2.42. The first-order valence-electron chi connectivity index (χ1n) is 8.67. The van der Waals surface area contributed by atoms with Crippen LogP contribution in [0.5, 0.6) is 0 Å². The molecule has 0 aliphatic heterocycles. The zero-order valence-electron chi connectivity index (χ0n) is 14.0. The van der Waals surface area contributed by atoms with E-state index in [2.05, 4.69) is 5.32 Å². The van der Waals surface area contributed by atoms with E-state index in [0.29, 0.717) is 24.1 Å². The molecule has 1 heterocycles. The second-order valence-electron chi connectivity index (χ2n) is 6.96. The van der Waals surface area contributed by atoms with Crippen LogP contribution in [0.2, 0.25) is 0 Å². The van der Waals surface area contributed by atoms with Crippen LogP contribution in [0.15, 0.2) is 17.1 Å². The lowest BCUT2D eigenvalue weighted by atomic mass is 9.85. The lowest BCUT2D eigenvalue weighted by Gasteiger charge is -2.21. The fraction of sp³-hybridized carbons (Fsp3) is 0.588. The van der Waals surface area contributed by atoms with Gasteiger partial charge < -0.3 is 15.6 Å². The van der Waals surface area contributed by atoms with E-state index >= 15 is 0 Å². The molecule has 1 aromatic rings. The maximum absolute atomic E-state index is 12.7. The summed E-state index contributed by atoms with van der Waals surface area (Å²) in [7, 11) is 0. The first-order valence-corrected chi connectivity index (χ1v) is 8.67. The van der Waals surface area contributed by atoms with Crippen LogP contribution in [0.1, 0.15) is 44.1 Å². The van der Waals surface area contributed by atoms with E-state index in [9.17, 15) is 27.6 Å².